The van der Waals surface area contributed by atoms with Crippen molar-refractivity contribution in [2.24, 2.45) is 5.73 Å². The van der Waals surface area contributed by atoms with E-state index in [1.54, 1.807) is 18.3 Å². The van der Waals surface area contributed by atoms with E-state index in [1.165, 1.54) is 0 Å². The Morgan fingerprint density at radius 3 is 2.92 bits per heavy atom. The second kappa shape index (κ2) is 4.55. The highest BCUT2D eigenvalue weighted by molar-refractivity contribution is 7.13. The lowest BCUT2D eigenvalue weighted by Crippen LogP contribution is -2.38. The summed E-state index contributed by atoms with van der Waals surface area (Å²) in [5.74, 6) is 0. The highest BCUT2D eigenvalue weighted by Crippen LogP contribution is 2.13. The molecule has 13 heavy (non-hydrogen) atoms. The number of nitrogens with two attached hydrogens (primary N) is 1. The Hall–Kier alpha value is -0.650. The number of nitrogens with one attached hydrogen (secondary N) is 1. The quantitative estimate of drug-likeness (QED) is 0.666. The van der Waals surface area contributed by atoms with E-state index >= 15 is 0 Å². The third-order valence-corrected chi connectivity index (χ3v) is 2.65. The third kappa shape index (κ3) is 3.30. The molecule has 2 atom stereocenters. The normalized spacial score (nSPS) is 15.4. The molecule has 4 N–H and O–H groups in total. The van der Waals surface area contributed by atoms with Crippen LogP contribution in [0.25, 0.3) is 0 Å². The van der Waals surface area contributed by atoms with Crippen molar-refractivity contribution >= 4 is 16.5 Å². The number of anilines is 1. The van der Waals surface area contributed by atoms with Gasteiger partial charge in [0, 0.05) is 18.0 Å². The molecule has 1 aromatic heterocycles. The highest BCUT2D eigenvalue weighted by Gasteiger charge is 2.09. The van der Waals surface area contributed by atoms with Gasteiger partial charge in [0.2, 0.25) is 0 Å². The number of aromatic nitrogens is 1. The maximum atomic E-state index is 9.12. The summed E-state index contributed by atoms with van der Waals surface area (Å²) in [6.45, 7) is 4.17. The van der Waals surface area contributed by atoms with Gasteiger partial charge in [0.05, 0.1) is 11.8 Å². The third-order valence-electron chi connectivity index (χ3n) is 1.73. The minimum atomic E-state index is -0.492. The number of nitrogens with zero attached hydrogens (tertiary/aromatic N) is 1. The minimum Gasteiger partial charge on any atom is -0.392 e. The zero-order valence-corrected chi connectivity index (χ0v) is 8.64. The predicted molar refractivity (Wildman–Crippen MR) is 55.0 cm³/mol. The molecule has 2 unspecified atom stereocenters. The smallest absolute Gasteiger partial charge is 0.182 e. The molecule has 0 bridgehead atoms. The monoisotopic (exact) mass is 201 g/mol. The number of hydrogen-bond donors (Lipinski definition) is 3. The van der Waals surface area contributed by atoms with Gasteiger partial charge in [0.15, 0.2) is 5.13 Å². The number of thiazole rings is 1. The fourth-order valence-electron chi connectivity index (χ4n) is 0.811. The number of aryl methyl sites for hydroxylation is 1. The van der Waals surface area contributed by atoms with Crippen LogP contribution in [0.4, 0.5) is 5.13 Å². The summed E-state index contributed by atoms with van der Waals surface area (Å²) >= 11 is 1.54. The van der Waals surface area contributed by atoms with Gasteiger partial charge in [-0.15, -0.1) is 11.3 Å². The van der Waals surface area contributed by atoms with Gasteiger partial charge in [-0.05, 0) is 13.8 Å². The van der Waals surface area contributed by atoms with Gasteiger partial charge in [0.25, 0.3) is 0 Å². The molecular formula is C8H15N3OS. The standard InChI is InChI=1S/C8H15N3OS/c1-5-4-13-8(11-5)10-3-7(9)6(2)12/h4,6-7,12H,3,9H2,1-2H3,(H,10,11). The lowest BCUT2D eigenvalue weighted by molar-refractivity contribution is 0.168. The maximum absolute atomic E-state index is 9.12. The molecule has 1 rings (SSSR count). The molecule has 0 spiro atoms. The highest BCUT2D eigenvalue weighted by atomic mass is 32.1. The number of rotatable bonds is 4. The molecule has 0 aliphatic carbocycles. The number of hydrogen-bond acceptors (Lipinski definition) is 5. The van der Waals surface area contributed by atoms with E-state index in [0.29, 0.717) is 6.54 Å². The van der Waals surface area contributed by atoms with Crippen molar-refractivity contribution in [2.75, 3.05) is 11.9 Å². The molecule has 74 valence electrons. The SMILES string of the molecule is Cc1csc(NCC(N)C(C)O)n1. The average molecular weight is 201 g/mol. The van der Waals surface area contributed by atoms with Gasteiger partial charge in [-0.25, -0.2) is 4.98 Å². The minimum absolute atomic E-state index is 0.246. The van der Waals surface area contributed by atoms with Crippen molar-refractivity contribution in [3.63, 3.8) is 0 Å². The van der Waals surface area contributed by atoms with Crippen LogP contribution in [0.5, 0.6) is 0 Å². The van der Waals surface area contributed by atoms with Crippen LogP contribution in [0.15, 0.2) is 5.38 Å². The largest absolute Gasteiger partial charge is 0.392 e. The molecule has 0 saturated carbocycles. The predicted octanol–water partition coefficient (Wildman–Crippen LogP) is 0.572. The Bertz CT molecular complexity index is 262. The average Bonchev–Trinajstić information content (AvgIpc) is 2.47. The summed E-state index contributed by atoms with van der Waals surface area (Å²) in [5.41, 5.74) is 6.63. The fraction of sp³-hybridized carbons (Fsp3) is 0.625. The van der Waals surface area contributed by atoms with E-state index in [2.05, 4.69) is 10.3 Å². The van der Waals surface area contributed by atoms with Crippen molar-refractivity contribution in [3.8, 4) is 0 Å². The summed E-state index contributed by atoms with van der Waals surface area (Å²) < 4.78 is 0. The van der Waals surface area contributed by atoms with Gasteiger partial charge in [-0.3, -0.25) is 0 Å². The van der Waals surface area contributed by atoms with Crippen LogP contribution in [0.2, 0.25) is 0 Å². The molecule has 0 aliphatic rings. The Kier molecular flexibility index (Phi) is 3.65. The van der Waals surface area contributed by atoms with Crippen molar-refractivity contribution in [3.05, 3.63) is 11.1 Å². The van der Waals surface area contributed by atoms with Crippen molar-refractivity contribution in [1.29, 1.82) is 0 Å². The second-order valence-electron chi connectivity index (χ2n) is 3.08. The van der Waals surface area contributed by atoms with Gasteiger partial charge in [0.1, 0.15) is 0 Å². The molecular weight excluding hydrogens is 186 g/mol. The molecule has 0 radical (unpaired) electrons. The first-order valence-electron chi connectivity index (χ1n) is 4.19. The zero-order chi connectivity index (χ0) is 9.84. The first-order chi connectivity index (χ1) is 6.09. The number of aliphatic hydroxyl groups excluding tert-OH is 1. The van der Waals surface area contributed by atoms with Crippen molar-refractivity contribution < 1.29 is 5.11 Å². The van der Waals surface area contributed by atoms with E-state index in [4.69, 9.17) is 10.8 Å². The fourth-order valence-corrected chi connectivity index (χ4v) is 1.51. The summed E-state index contributed by atoms with van der Waals surface area (Å²) in [5, 5.41) is 15.0. The Labute approximate surface area is 81.8 Å². The molecule has 0 saturated heterocycles. The van der Waals surface area contributed by atoms with Gasteiger partial charge in [-0.2, -0.15) is 0 Å². The van der Waals surface area contributed by atoms with Gasteiger partial charge >= 0.3 is 0 Å². The Morgan fingerprint density at radius 1 is 1.77 bits per heavy atom. The van der Waals surface area contributed by atoms with E-state index in [0.717, 1.165) is 10.8 Å². The Morgan fingerprint density at radius 2 is 2.46 bits per heavy atom. The lowest BCUT2D eigenvalue weighted by Gasteiger charge is -2.14. The second-order valence-corrected chi connectivity index (χ2v) is 3.94. The molecule has 5 heteroatoms. The maximum Gasteiger partial charge on any atom is 0.182 e. The summed E-state index contributed by atoms with van der Waals surface area (Å²) in [7, 11) is 0. The first-order valence-corrected chi connectivity index (χ1v) is 5.07. The number of aliphatic hydroxyl groups is 1. The Balaban J connectivity index is 2.35. The van der Waals surface area contributed by atoms with Crippen molar-refractivity contribution in [2.45, 2.75) is 26.0 Å². The van der Waals surface area contributed by atoms with Gasteiger partial charge < -0.3 is 16.2 Å². The molecule has 0 fully saturated rings. The first kappa shape index (κ1) is 10.4. The summed E-state index contributed by atoms with van der Waals surface area (Å²) in [6.07, 6.45) is -0.492. The van der Waals surface area contributed by atoms with E-state index in [9.17, 15) is 0 Å². The molecule has 0 amide bonds. The van der Waals surface area contributed by atoms with E-state index in [1.807, 2.05) is 12.3 Å². The van der Waals surface area contributed by atoms with Crippen LogP contribution in [-0.4, -0.2) is 28.8 Å². The van der Waals surface area contributed by atoms with Crippen LogP contribution in [0.1, 0.15) is 12.6 Å². The van der Waals surface area contributed by atoms with Crippen molar-refractivity contribution in [1.82, 2.24) is 4.98 Å². The van der Waals surface area contributed by atoms with Crippen LogP contribution in [0.3, 0.4) is 0 Å². The molecule has 0 aliphatic heterocycles. The lowest BCUT2D eigenvalue weighted by atomic mass is 10.2. The van der Waals surface area contributed by atoms with Crippen LogP contribution in [-0.2, 0) is 0 Å². The summed E-state index contributed by atoms with van der Waals surface area (Å²) in [6, 6.07) is -0.246. The van der Waals surface area contributed by atoms with Crippen LogP contribution >= 0.6 is 11.3 Å². The molecule has 1 heterocycles. The van der Waals surface area contributed by atoms with E-state index < -0.39 is 6.10 Å². The molecule has 1 aromatic rings. The summed E-state index contributed by atoms with van der Waals surface area (Å²) in [4.78, 5) is 4.21. The van der Waals surface area contributed by atoms with Gasteiger partial charge in [-0.1, -0.05) is 0 Å². The molecule has 4 nitrogen and oxygen atoms in total. The zero-order valence-electron chi connectivity index (χ0n) is 7.82. The van der Waals surface area contributed by atoms with Crippen LogP contribution < -0.4 is 11.1 Å². The van der Waals surface area contributed by atoms with Crippen LogP contribution in [0, 0.1) is 6.92 Å². The topological polar surface area (TPSA) is 71.2 Å². The molecule has 0 aromatic carbocycles. The van der Waals surface area contributed by atoms with E-state index in [-0.39, 0.29) is 6.04 Å².